The molecule has 0 amide bonds. The van der Waals surface area contributed by atoms with E-state index in [9.17, 15) is 0 Å². The molecule has 1 aromatic carbocycles. The van der Waals surface area contributed by atoms with Gasteiger partial charge in [-0.25, -0.2) is 0 Å². The Hall–Kier alpha value is -1.43. The van der Waals surface area contributed by atoms with Gasteiger partial charge in [-0.15, -0.1) is 0 Å². The van der Waals surface area contributed by atoms with Gasteiger partial charge in [0.25, 0.3) is 5.89 Å². The van der Waals surface area contributed by atoms with Gasteiger partial charge in [0.2, 0.25) is 0 Å². The summed E-state index contributed by atoms with van der Waals surface area (Å²) in [5.74, 6) is 1.14. The zero-order valence-electron chi connectivity index (χ0n) is 10.5. The van der Waals surface area contributed by atoms with E-state index < -0.39 is 0 Å². The van der Waals surface area contributed by atoms with Crippen molar-refractivity contribution >= 4 is 11.6 Å². The zero-order valence-corrected chi connectivity index (χ0v) is 11.3. The van der Waals surface area contributed by atoms with Gasteiger partial charge in [0, 0.05) is 17.1 Å². The van der Waals surface area contributed by atoms with Crippen molar-refractivity contribution in [1.82, 2.24) is 15.5 Å². The fourth-order valence-electron chi connectivity index (χ4n) is 2.08. The summed E-state index contributed by atoms with van der Waals surface area (Å²) in [6.07, 6.45) is 0. The molecule has 6 heteroatoms. The molecule has 2 aromatic rings. The summed E-state index contributed by atoms with van der Waals surface area (Å²) in [4.78, 5) is 4.43. The van der Waals surface area contributed by atoms with E-state index in [1.807, 2.05) is 25.1 Å². The molecule has 1 saturated heterocycles. The lowest BCUT2D eigenvalue weighted by atomic mass is 10.1. The maximum absolute atomic E-state index is 5.94. The Labute approximate surface area is 115 Å². The molecule has 0 radical (unpaired) electrons. The number of halogens is 1. The van der Waals surface area contributed by atoms with Crippen molar-refractivity contribution in [3.8, 4) is 11.5 Å². The minimum absolute atomic E-state index is 0.00106. The second-order valence-corrected chi connectivity index (χ2v) is 4.94. The number of hydrogen-bond acceptors (Lipinski definition) is 5. The van der Waals surface area contributed by atoms with Crippen molar-refractivity contribution in [2.75, 3.05) is 19.8 Å². The van der Waals surface area contributed by atoms with Gasteiger partial charge < -0.3 is 14.6 Å². The first kappa shape index (κ1) is 12.6. The van der Waals surface area contributed by atoms with Crippen LogP contribution in [-0.2, 0) is 4.74 Å². The predicted molar refractivity (Wildman–Crippen MR) is 71.0 cm³/mol. The van der Waals surface area contributed by atoms with Crippen LogP contribution < -0.4 is 5.32 Å². The van der Waals surface area contributed by atoms with Gasteiger partial charge in [0.05, 0.1) is 19.3 Å². The third kappa shape index (κ3) is 2.63. The quantitative estimate of drug-likeness (QED) is 0.914. The zero-order chi connectivity index (χ0) is 13.2. The lowest BCUT2D eigenvalue weighted by Gasteiger charge is -2.20. The Morgan fingerprint density at radius 2 is 2.32 bits per heavy atom. The SMILES string of the molecule is Cc1cc(Cl)ccc1-c1nc(C2COCCN2)no1. The van der Waals surface area contributed by atoms with Crippen LogP contribution in [0.2, 0.25) is 5.02 Å². The van der Waals surface area contributed by atoms with E-state index in [2.05, 4.69) is 15.5 Å². The van der Waals surface area contributed by atoms with Crippen LogP contribution in [0, 0.1) is 6.92 Å². The summed E-state index contributed by atoms with van der Waals surface area (Å²) in [5.41, 5.74) is 1.91. The molecule has 1 fully saturated rings. The number of nitrogens with one attached hydrogen (secondary N) is 1. The highest BCUT2D eigenvalue weighted by molar-refractivity contribution is 6.30. The highest BCUT2D eigenvalue weighted by atomic mass is 35.5. The normalized spacial score (nSPS) is 19.6. The molecule has 1 aromatic heterocycles. The molecule has 1 aliphatic heterocycles. The van der Waals surface area contributed by atoms with Crippen molar-refractivity contribution in [2.45, 2.75) is 13.0 Å². The highest BCUT2D eigenvalue weighted by Gasteiger charge is 2.21. The van der Waals surface area contributed by atoms with Crippen molar-refractivity contribution in [1.29, 1.82) is 0 Å². The fourth-order valence-corrected chi connectivity index (χ4v) is 2.31. The van der Waals surface area contributed by atoms with Gasteiger partial charge >= 0.3 is 0 Å². The molecule has 2 heterocycles. The summed E-state index contributed by atoms with van der Waals surface area (Å²) in [5, 5.41) is 8.01. The summed E-state index contributed by atoms with van der Waals surface area (Å²) < 4.78 is 10.7. The van der Waals surface area contributed by atoms with E-state index in [-0.39, 0.29) is 6.04 Å². The molecule has 5 nitrogen and oxygen atoms in total. The number of benzene rings is 1. The van der Waals surface area contributed by atoms with Gasteiger partial charge in [-0.05, 0) is 30.7 Å². The summed E-state index contributed by atoms with van der Waals surface area (Å²) in [6.45, 7) is 4.05. The Morgan fingerprint density at radius 3 is 3.05 bits per heavy atom. The van der Waals surface area contributed by atoms with E-state index >= 15 is 0 Å². The molecule has 0 bridgehead atoms. The smallest absolute Gasteiger partial charge is 0.258 e. The number of nitrogens with zero attached hydrogens (tertiary/aromatic N) is 2. The lowest BCUT2D eigenvalue weighted by molar-refractivity contribution is 0.0734. The van der Waals surface area contributed by atoms with Crippen molar-refractivity contribution < 1.29 is 9.26 Å². The van der Waals surface area contributed by atoms with Crippen LogP contribution in [0.1, 0.15) is 17.4 Å². The highest BCUT2D eigenvalue weighted by Crippen LogP contribution is 2.25. The Morgan fingerprint density at radius 1 is 1.42 bits per heavy atom. The molecule has 19 heavy (non-hydrogen) atoms. The number of aromatic nitrogens is 2. The summed E-state index contributed by atoms with van der Waals surface area (Å²) in [6, 6.07) is 5.58. The Balaban J connectivity index is 1.87. The third-order valence-corrected chi connectivity index (χ3v) is 3.33. The van der Waals surface area contributed by atoms with E-state index in [0.29, 0.717) is 23.3 Å². The van der Waals surface area contributed by atoms with E-state index in [1.54, 1.807) is 0 Å². The van der Waals surface area contributed by atoms with E-state index in [1.165, 1.54) is 0 Å². The number of ether oxygens (including phenoxy) is 1. The minimum Gasteiger partial charge on any atom is -0.378 e. The largest absolute Gasteiger partial charge is 0.378 e. The average Bonchev–Trinajstić information content (AvgIpc) is 2.89. The molecule has 1 atom stereocenters. The second-order valence-electron chi connectivity index (χ2n) is 4.50. The fraction of sp³-hybridized carbons (Fsp3) is 0.385. The van der Waals surface area contributed by atoms with Crippen molar-refractivity contribution in [2.24, 2.45) is 0 Å². The van der Waals surface area contributed by atoms with Crippen LogP contribution in [0.5, 0.6) is 0 Å². The van der Waals surface area contributed by atoms with Gasteiger partial charge in [0.15, 0.2) is 5.82 Å². The number of aryl methyl sites for hydroxylation is 1. The van der Waals surface area contributed by atoms with Crippen LogP contribution in [0.3, 0.4) is 0 Å². The molecule has 0 aliphatic carbocycles. The molecule has 1 N–H and O–H groups in total. The van der Waals surface area contributed by atoms with E-state index in [0.717, 1.165) is 24.3 Å². The van der Waals surface area contributed by atoms with Crippen LogP contribution in [-0.4, -0.2) is 29.9 Å². The molecule has 1 aliphatic rings. The van der Waals surface area contributed by atoms with Crippen molar-refractivity contribution in [3.05, 3.63) is 34.6 Å². The summed E-state index contributed by atoms with van der Waals surface area (Å²) >= 11 is 5.94. The van der Waals surface area contributed by atoms with E-state index in [4.69, 9.17) is 20.9 Å². The standard InChI is InChI=1S/C13H14ClN3O2/c1-8-6-9(14)2-3-10(8)13-16-12(17-19-13)11-7-18-5-4-15-11/h2-3,6,11,15H,4-5,7H2,1H3. The number of morpholine rings is 1. The Kier molecular flexibility index (Phi) is 3.50. The van der Waals surface area contributed by atoms with Crippen LogP contribution in [0.25, 0.3) is 11.5 Å². The van der Waals surface area contributed by atoms with Crippen LogP contribution in [0.4, 0.5) is 0 Å². The maximum atomic E-state index is 5.94. The molecule has 1 unspecified atom stereocenters. The first-order valence-electron chi connectivity index (χ1n) is 6.15. The molecule has 0 spiro atoms. The molecule has 0 saturated carbocycles. The Bertz CT molecular complexity index is 579. The molecule has 100 valence electrons. The van der Waals surface area contributed by atoms with Gasteiger partial charge in [-0.1, -0.05) is 16.8 Å². The second kappa shape index (κ2) is 5.28. The van der Waals surface area contributed by atoms with Gasteiger partial charge in [-0.2, -0.15) is 4.98 Å². The van der Waals surface area contributed by atoms with Crippen molar-refractivity contribution in [3.63, 3.8) is 0 Å². The topological polar surface area (TPSA) is 60.2 Å². The molecular formula is C13H14ClN3O2. The first-order valence-corrected chi connectivity index (χ1v) is 6.53. The minimum atomic E-state index is -0.00106. The first-order chi connectivity index (χ1) is 9.24. The molecule has 3 rings (SSSR count). The van der Waals surface area contributed by atoms with Crippen LogP contribution in [0.15, 0.2) is 22.7 Å². The summed E-state index contributed by atoms with van der Waals surface area (Å²) in [7, 11) is 0. The molecular weight excluding hydrogens is 266 g/mol. The number of rotatable bonds is 2. The maximum Gasteiger partial charge on any atom is 0.258 e. The monoisotopic (exact) mass is 279 g/mol. The lowest BCUT2D eigenvalue weighted by Crippen LogP contribution is -2.35. The van der Waals surface area contributed by atoms with Gasteiger partial charge in [-0.3, -0.25) is 0 Å². The van der Waals surface area contributed by atoms with Crippen LogP contribution >= 0.6 is 11.6 Å². The van der Waals surface area contributed by atoms with Gasteiger partial charge in [0.1, 0.15) is 0 Å². The third-order valence-electron chi connectivity index (χ3n) is 3.09. The number of hydrogen-bond donors (Lipinski definition) is 1. The predicted octanol–water partition coefficient (Wildman–Crippen LogP) is 2.36. The average molecular weight is 280 g/mol.